The summed E-state index contributed by atoms with van der Waals surface area (Å²) < 4.78 is 23.9. The number of aliphatic carboxylic acids is 1. The Hall–Kier alpha value is -3.04. The Bertz CT molecular complexity index is 1070. The predicted octanol–water partition coefficient (Wildman–Crippen LogP) is 4.58. The highest BCUT2D eigenvalue weighted by atomic mass is 35.5. The second kappa shape index (κ2) is 9.84. The van der Waals surface area contributed by atoms with Crippen molar-refractivity contribution in [1.29, 1.82) is 0 Å². The van der Waals surface area contributed by atoms with E-state index in [2.05, 4.69) is 0 Å². The van der Waals surface area contributed by atoms with E-state index >= 15 is 0 Å². The van der Waals surface area contributed by atoms with Crippen LogP contribution in [0.15, 0.2) is 41.3 Å². The smallest absolute Gasteiger partial charge is 0.341 e. The van der Waals surface area contributed by atoms with E-state index in [1.54, 1.807) is 19.1 Å². The summed E-state index contributed by atoms with van der Waals surface area (Å²) in [7, 11) is 0. The van der Waals surface area contributed by atoms with Crippen molar-refractivity contribution in [2.75, 3.05) is 13.2 Å². The molecule has 0 spiro atoms. The van der Waals surface area contributed by atoms with Crippen LogP contribution in [0.5, 0.6) is 11.5 Å². The van der Waals surface area contributed by atoms with E-state index in [9.17, 15) is 18.8 Å². The fourth-order valence-electron chi connectivity index (χ4n) is 2.75. The lowest BCUT2D eigenvalue weighted by molar-refractivity contribution is -0.139. The molecule has 162 valence electrons. The maximum absolute atomic E-state index is 13.2. The summed E-state index contributed by atoms with van der Waals surface area (Å²) in [5.41, 5.74) is 1.02. The van der Waals surface area contributed by atoms with Gasteiger partial charge in [0, 0.05) is 5.02 Å². The molecule has 1 aliphatic heterocycles. The monoisotopic (exact) mass is 465 g/mol. The molecule has 0 atom stereocenters. The van der Waals surface area contributed by atoms with Gasteiger partial charge in [-0.1, -0.05) is 23.7 Å². The van der Waals surface area contributed by atoms with Crippen molar-refractivity contribution < 1.29 is 33.4 Å². The number of rotatable bonds is 8. The summed E-state index contributed by atoms with van der Waals surface area (Å²) in [6, 6.07) is 8.49. The van der Waals surface area contributed by atoms with Gasteiger partial charge in [-0.2, -0.15) is 0 Å². The van der Waals surface area contributed by atoms with Gasteiger partial charge in [0.05, 0.1) is 18.1 Å². The van der Waals surface area contributed by atoms with Crippen molar-refractivity contribution >= 4 is 46.6 Å². The van der Waals surface area contributed by atoms with Crippen molar-refractivity contribution in [3.8, 4) is 11.5 Å². The molecule has 2 aromatic carbocycles. The number of hydrogen-bond acceptors (Lipinski definition) is 6. The summed E-state index contributed by atoms with van der Waals surface area (Å²) in [5, 5.41) is 8.43. The Labute approximate surface area is 186 Å². The zero-order chi connectivity index (χ0) is 22.5. The Balaban J connectivity index is 1.81. The number of carboxylic acids is 1. The summed E-state index contributed by atoms with van der Waals surface area (Å²) in [6.45, 7) is 1.49. The summed E-state index contributed by atoms with van der Waals surface area (Å²) in [6.07, 6.45) is 1.53. The average Bonchev–Trinajstić information content (AvgIpc) is 2.96. The van der Waals surface area contributed by atoms with Gasteiger partial charge in [0.1, 0.15) is 5.82 Å². The topological polar surface area (TPSA) is 93.1 Å². The molecular formula is C21H17ClFNO6S. The highest BCUT2D eigenvalue weighted by Crippen LogP contribution is 2.36. The molecule has 7 nitrogen and oxygen atoms in total. The Kier molecular flexibility index (Phi) is 7.19. The number of thioether (sulfide) groups is 1. The standard InChI is InChI=1S/C21H17ClFNO6S/c1-2-29-17-7-12(3-6-16(17)30-11-19(25)26)8-18-20(27)24(21(28)31-18)10-13-4-5-14(23)9-15(13)22/h3-9H,2,10-11H2,1H3,(H,25,26). The Morgan fingerprint density at radius 1 is 1.19 bits per heavy atom. The summed E-state index contributed by atoms with van der Waals surface area (Å²) in [4.78, 5) is 37.0. The van der Waals surface area contributed by atoms with Gasteiger partial charge < -0.3 is 14.6 Å². The van der Waals surface area contributed by atoms with Gasteiger partial charge in [0.25, 0.3) is 11.1 Å². The van der Waals surface area contributed by atoms with Crippen LogP contribution in [0.1, 0.15) is 18.1 Å². The normalized spacial score (nSPS) is 14.9. The number of halogens is 2. The van der Waals surface area contributed by atoms with Crippen LogP contribution in [0.2, 0.25) is 5.02 Å². The van der Waals surface area contributed by atoms with Gasteiger partial charge in [-0.25, -0.2) is 9.18 Å². The Morgan fingerprint density at radius 3 is 2.65 bits per heavy atom. The molecular weight excluding hydrogens is 449 g/mol. The number of nitrogens with zero attached hydrogens (tertiary/aromatic N) is 1. The lowest BCUT2D eigenvalue weighted by Crippen LogP contribution is -2.27. The van der Waals surface area contributed by atoms with Gasteiger partial charge >= 0.3 is 5.97 Å². The number of carbonyl (C=O) groups is 3. The first-order valence-electron chi connectivity index (χ1n) is 9.09. The number of benzene rings is 2. The molecule has 0 radical (unpaired) electrons. The zero-order valence-electron chi connectivity index (χ0n) is 16.3. The van der Waals surface area contributed by atoms with Crippen LogP contribution >= 0.6 is 23.4 Å². The molecule has 1 aliphatic rings. The van der Waals surface area contributed by atoms with Gasteiger partial charge in [0.15, 0.2) is 18.1 Å². The van der Waals surface area contributed by atoms with Gasteiger partial charge in [-0.15, -0.1) is 0 Å². The number of hydrogen-bond donors (Lipinski definition) is 1. The second-order valence-corrected chi connectivity index (χ2v) is 7.73. The minimum absolute atomic E-state index is 0.0761. The third kappa shape index (κ3) is 5.56. The molecule has 2 amide bonds. The molecule has 1 heterocycles. The SMILES string of the molecule is CCOc1cc(C=C2SC(=O)N(Cc3ccc(F)cc3Cl)C2=O)ccc1OCC(=O)O. The lowest BCUT2D eigenvalue weighted by Gasteiger charge is -2.13. The summed E-state index contributed by atoms with van der Waals surface area (Å²) >= 11 is 6.78. The first kappa shape index (κ1) is 22.6. The molecule has 1 N–H and O–H groups in total. The molecule has 31 heavy (non-hydrogen) atoms. The first-order valence-corrected chi connectivity index (χ1v) is 10.3. The molecule has 0 aromatic heterocycles. The summed E-state index contributed by atoms with van der Waals surface area (Å²) in [5.74, 6) is -1.57. The number of carboxylic acid groups (broad SMARTS) is 1. The van der Waals surface area contributed by atoms with E-state index < -0.39 is 29.5 Å². The maximum atomic E-state index is 13.2. The molecule has 3 rings (SSSR count). The number of imide groups is 1. The zero-order valence-corrected chi connectivity index (χ0v) is 17.8. The molecule has 2 aromatic rings. The second-order valence-electron chi connectivity index (χ2n) is 6.33. The predicted molar refractivity (Wildman–Crippen MR) is 114 cm³/mol. The van der Waals surface area contributed by atoms with E-state index in [0.717, 1.165) is 22.7 Å². The van der Waals surface area contributed by atoms with E-state index in [1.807, 2.05) is 0 Å². The fraction of sp³-hybridized carbons (Fsp3) is 0.190. The van der Waals surface area contributed by atoms with Crippen molar-refractivity contribution in [2.45, 2.75) is 13.5 Å². The van der Waals surface area contributed by atoms with E-state index in [1.165, 1.54) is 24.3 Å². The molecule has 0 saturated carbocycles. The van der Waals surface area contributed by atoms with Crippen molar-refractivity contribution in [3.63, 3.8) is 0 Å². The maximum Gasteiger partial charge on any atom is 0.341 e. The van der Waals surface area contributed by atoms with Crippen LogP contribution in [0, 0.1) is 5.82 Å². The Morgan fingerprint density at radius 2 is 1.97 bits per heavy atom. The highest BCUT2D eigenvalue weighted by molar-refractivity contribution is 8.18. The van der Waals surface area contributed by atoms with Crippen LogP contribution < -0.4 is 9.47 Å². The number of amides is 2. The minimum atomic E-state index is -1.12. The first-order chi connectivity index (χ1) is 14.8. The molecule has 10 heteroatoms. The molecule has 1 fully saturated rings. The number of carbonyl (C=O) groups excluding carboxylic acids is 2. The third-order valence-corrected chi connectivity index (χ3v) is 5.39. The van der Waals surface area contributed by atoms with Crippen molar-refractivity contribution in [1.82, 2.24) is 4.90 Å². The van der Waals surface area contributed by atoms with E-state index in [0.29, 0.717) is 23.5 Å². The van der Waals surface area contributed by atoms with Crippen LogP contribution in [-0.4, -0.2) is 40.3 Å². The lowest BCUT2D eigenvalue weighted by atomic mass is 10.1. The molecule has 0 aliphatic carbocycles. The van der Waals surface area contributed by atoms with Gasteiger partial charge in [-0.3, -0.25) is 14.5 Å². The fourth-order valence-corrected chi connectivity index (χ4v) is 3.81. The van der Waals surface area contributed by atoms with Gasteiger partial charge in [-0.05, 0) is 60.2 Å². The number of ether oxygens (including phenoxy) is 2. The van der Waals surface area contributed by atoms with Crippen LogP contribution in [0.25, 0.3) is 6.08 Å². The van der Waals surface area contributed by atoms with Crippen molar-refractivity contribution in [3.05, 3.63) is 63.3 Å². The van der Waals surface area contributed by atoms with Gasteiger partial charge in [0.2, 0.25) is 0 Å². The average molecular weight is 466 g/mol. The van der Waals surface area contributed by atoms with Crippen molar-refractivity contribution in [2.24, 2.45) is 0 Å². The third-order valence-electron chi connectivity index (χ3n) is 4.13. The highest BCUT2D eigenvalue weighted by Gasteiger charge is 2.35. The molecule has 0 bridgehead atoms. The molecule has 1 saturated heterocycles. The van der Waals surface area contributed by atoms with E-state index in [-0.39, 0.29) is 22.2 Å². The quantitative estimate of drug-likeness (QED) is 0.570. The minimum Gasteiger partial charge on any atom is -0.490 e. The van der Waals surface area contributed by atoms with E-state index in [4.69, 9.17) is 26.2 Å². The van der Waals surface area contributed by atoms with Crippen LogP contribution in [-0.2, 0) is 16.1 Å². The van der Waals surface area contributed by atoms with Crippen LogP contribution in [0.4, 0.5) is 9.18 Å². The van der Waals surface area contributed by atoms with Crippen LogP contribution in [0.3, 0.4) is 0 Å². The largest absolute Gasteiger partial charge is 0.490 e. The molecule has 0 unspecified atom stereocenters.